The molecule has 1 heterocycles. The standard InChI is InChI=1S/C13H17NO4/c1-9-5-6-10(11(15)8-9)13(16)14-18-12-4-2-3-7-17-12/h5-6,8,12,15H,2-4,7H2,1H3,(H,14,16)/t12-/m0/s1. The average molecular weight is 251 g/mol. The molecule has 18 heavy (non-hydrogen) atoms. The molecule has 2 N–H and O–H groups in total. The number of benzene rings is 1. The maximum absolute atomic E-state index is 11.8. The van der Waals surface area contributed by atoms with Gasteiger partial charge in [0.05, 0.1) is 5.56 Å². The van der Waals surface area contributed by atoms with Gasteiger partial charge in [-0.15, -0.1) is 0 Å². The Balaban J connectivity index is 1.90. The van der Waals surface area contributed by atoms with Crippen LogP contribution in [0, 0.1) is 6.92 Å². The van der Waals surface area contributed by atoms with E-state index in [1.165, 1.54) is 6.07 Å². The molecule has 1 atom stereocenters. The molecule has 0 spiro atoms. The molecular formula is C13H17NO4. The highest BCUT2D eigenvalue weighted by atomic mass is 16.8. The van der Waals surface area contributed by atoms with Crippen LogP contribution in [0.1, 0.15) is 35.2 Å². The van der Waals surface area contributed by atoms with Crippen LogP contribution in [0.4, 0.5) is 0 Å². The molecule has 2 rings (SSSR count). The summed E-state index contributed by atoms with van der Waals surface area (Å²) in [7, 11) is 0. The molecular weight excluding hydrogens is 234 g/mol. The highest BCUT2D eigenvalue weighted by molar-refractivity contribution is 5.96. The number of rotatable bonds is 3. The van der Waals surface area contributed by atoms with Gasteiger partial charge in [0.25, 0.3) is 5.91 Å². The molecule has 5 nitrogen and oxygen atoms in total. The van der Waals surface area contributed by atoms with E-state index >= 15 is 0 Å². The summed E-state index contributed by atoms with van der Waals surface area (Å²) in [5.74, 6) is -0.526. The van der Waals surface area contributed by atoms with Gasteiger partial charge < -0.3 is 9.84 Å². The van der Waals surface area contributed by atoms with Crippen molar-refractivity contribution in [2.24, 2.45) is 0 Å². The van der Waals surface area contributed by atoms with Gasteiger partial charge in [-0.1, -0.05) is 6.07 Å². The summed E-state index contributed by atoms with van der Waals surface area (Å²) in [6.07, 6.45) is 2.42. The van der Waals surface area contributed by atoms with E-state index in [0.717, 1.165) is 24.8 Å². The van der Waals surface area contributed by atoms with Gasteiger partial charge in [0.1, 0.15) is 5.75 Å². The van der Waals surface area contributed by atoms with Crippen molar-refractivity contribution in [3.63, 3.8) is 0 Å². The number of nitrogens with one attached hydrogen (secondary N) is 1. The third-order valence-corrected chi connectivity index (χ3v) is 2.82. The number of carbonyl (C=O) groups excluding carboxylic acids is 1. The highest BCUT2D eigenvalue weighted by Gasteiger charge is 2.17. The van der Waals surface area contributed by atoms with Crippen LogP contribution in [-0.2, 0) is 9.57 Å². The first-order valence-corrected chi connectivity index (χ1v) is 6.04. The van der Waals surface area contributed by atoms with E-state index in [-0.39, 0.29) is 11.3 Å². The molecule has 0 radical (unpaired) electrons. The zero-order chi connectivity index (χ0) is 13.0. The normalized spacial score (nSPS) is 19.5. The second-order valence-electron chi connectivity index (χ2n) is 4.37. The first kappa shape index (κ1) is 12.9. The van der Waals surface area contributed by atoms with Gasteiger partial charge in [-0.2, -0.15) is 0 Å². The van der Waals surface area contributed by atoms with E-state index in [9.17, 15) is 9.90 Å². The smallest absolute Gasteiger partial charge is 0.278 e. The summed E-state index contributed by atoms with van der Waals surface area (Å²) in [4.78, 5) is 16.9. The van der Waals surface area contributed by atoms with Crippen molar-refractivity contribution in [1.82, 2.24) is 5.48 Å². The summed E-state index contributed by atoms with van der Waals surface area (Å²) in [5.41, 5.74) is 3.39. The molecule has 0 bridgehead atoms. The minimum absolute atomic E-state index is 0.0549. The van der Waals surface area contributed by atoms with Gasteiger partial charge >= 0.3 is 0 Å². The predicted molar refractivity (Wildman–Crippen MR) is 65.0 cm³/mol. The summed E-state index contributed by atoms with van der Waals surface area (Å²) in [6.45, 7) is 2.49. The Morgan fingerprint density at radius 3 is 3.00 bits per heavy atom. The number of phenolic OH excluding ortho intramolecular Hbond substituents is 1. The Bertz CT molecular complexity index is 427. The molecule has 1 fully saturated rings. The second kappa shape index (κ2) is 5.84. The van der Waals surface area contributed by atoms with E-state index in [1.54, 1.807) is 12.1 Å². The van der Waals surface area contributed by atoms with Crippen molar-refractivity contribution < 1.29 is 19.5 Å². The van der Waals surface area contributed by atoms with E-state index in [2.05, 4.69) is 5.48 Å². The fraction of sp³-hybridized carbons (Fsp3) is 0.462. The Kier molecular flexibility index (Phi) is 4.17. The largest absolute Gasteiger partial charge is 0.507 e. The SMILES string of the molecule is Cc1ccc(C(=O)NO[C@H]2CCCCO2)c(O)c1. The van der Waals surface area contributed by atoms with Crippen molar-refractivity contribution in [1.29, 1.82) is 0 Å². The number of aryl methyl sites for hydroxylation is 1. The van der Waals surface area contributed by atoms with E-state index in [0.29, 0.717) is 6.61 Å². The van der Waals surface area contributed by atoms with Crippen LogP contribution in [0.15, 0.2) is 18.2 Å². The fourth-order valence-corrected chi connectivity index (χ4v) is 1.81. The maximum atomic E-state index is 11.8. The van der Waals surface area contributed by atoms with Crippen LogP contribution < -0.4 is 5.48 Å². The molecule has 0 saturated carbocycles. The number of hydroxylamine groups is 1. The minimum atomic E-state index is -0.471. The van der Waals surface area contributed by atoms with Crippen LogP contribution >= 0.6 is 0 Å². The number of carbonyl (C=O) groups is 1. The lowest BCUT2D eigenvalue weighted by molar-refractivity contribution is -0.186. The zero-order valence-corrected chi connectivity index (χ0v) is 10.3. The van der Waals surface area contributed by atoms with Gasteiger partial charge in [-0.25, -0.2) is 10.3 Å². The Morgan fingerprint density at radius 2 is 2.33 bits per heavy atom. The van der Waals surface area contributed by atoms with Crippen LogP contribution in [0.2, 0.25) is 0 Å². The lowest BCUT2D eigenvalue weighted by Gasteiger charge is -2.22. The number of ether oxygens (including phenoxy) is 1. The van der Waals surface area contributed by atoms with Crippen molar-refractivity contribution in [3.05, 3.63) is 29.3 Å². The molecule has 1 aliphatic rings. The van der Waals surface area contributed by atoms with Gasteiger partial charge in [-0.3, -0.25) is 4.79 Å². The first-order chi connectivity index (χ1) is 8.66. The zero-order valence-electron chi connectivity index (χ0n) is 10.3. The van der Waals surface area contributed by atoms with Crippen molar-refractivity contribution in [2.75, 3.05) is 6.61 Å². The Hall–Kier alpha value is -1.59. The third-order valence-electron chi connectivity index (χ3n) is 2.82. The summed E-state index contributed by atoms with van der Waals surface area (Å²) in [6, 6.07) is 4.85. The van der Waals surface area contributed by atoms with E-state index < -0.39 is 12.2 Å². The van der Waals surface area contributed by atoms with E-state index in [1.807, 2.05) is 6.92 Å². The lowest BCUT2D eigenvalue weighted by atomic mass is 10.1. The van der Waals surface area contributed by atoms with Gasteiger partial charge in [0.2, 0.25) is 0 Å². The molecule has 1 aliphatic heterocycles. The monoisotopic (exact) mass is 251 g/mol. The average Bonchev–Trinajstić information content (AvgIpc) is 2.37. The molecule has 0 aromatic heterocycles. The summed E-state index contributed by atoms with van der Waals surface area (Å²) < 4.78 is 5.31. The predicted octanol–water partition coefficient (Wildman–Crippen LogP) is 1.89. The van der Waals surface area contributed by atoms with E-state index in [4.69, 9.17) is 9.57 Å². The number of amides is 1. The number of hydrogen-bond acceptors (Lipinski definition) is 4. The molecule has 5 heteroatoms. The molecule has 1 amide bonds. The first-order valence-electron chi connectivity index (χ1n) is 6.04. The van der Waals surface area contributed by atoms with Crippen LogP contribution in [-0.4, -0.2) is 23.9 Å². The van der Waals surface area contributed by atoms with Crippen molar-refractivity contribution in [3.8, 4) is 5.75 Å². The summed E-state index contributed by atoms with van der Waals surface area (Å²) >= 11 is 0. The van der Waals surface area contributed by atoms with Crippen LogP contribution in [0.25, 0.3) is 0 Å². The number of aromatic hydroxyl groups is 1. The molecule has 1 aromatic carbocycles. The topological polar surface area (TPSA) is 67.8 Å². The maximum Gasteiger partial charge on any atom is 0.278 e. The quantitative estimate of drug-likeness (QED) is 0.805. The van der Waals surface area contributed by atoms with Gasteiger partial charge in [0, 0.05) is 13.0 Å². The Labute approximate surface area is 106 Å². The minimum Gasteiger partial charge on any atom is -0.507 e. The third kappa shape index (κ3) is 3.21. The molecule has 0 aliphatic carbocycles. The molecule has 0 unspecified atom stereocenters. The van der Waals surface area contributed by atoms with Gasteiger partial charge in [-0.05, 0) is 37.5 Å². The molecule has 1 saturated heterocycles. The molecule has 1 aromatic rings. The second-order valence-corrected chi connectivity index (χ2v) is 4.37. The number of phenols is 1. The van der Waals surface area contributed by atoms with Gasteiger partial charge in [0.15, 0.2) is 6.29 Å². The van der Waals surface area contributed by atoms with Crippen LogP contribution in [0.5, 0.6) is 5.75 Å². The number of hydrogen-bond donors (Lipinski definition) is 2. The van der Waals surface area contributed by atoms with Crippen molar-refractivity contribution >= 4 is 5.91 Å². The Morgan fingerprint density at radius 1 is 1.50 bits per heavy atom. The fourth-order valence-electron chi connectivity index (χ4n) is 1.81. The summed E-state index contributed by atoms with van der Waals surface area (Å²) in [5, 5.41) is 9.65. The lowest BCUT2D eigenvalue weighted by Crippen LogP contribution is -2.33. The van der Waals surface area contributed by atoms with Crippen LogP contribution in [0.3, 0.4) is 0 Å². The molecule has 98 valence electrons. The highest BCUT2D eigenvalue weighted by Crippen LogP contribution is 2.18. The van der Waals surface area contributed by atoms with Crippen molar-refractivity contribution in [2.45, 2.75) is 32.5 Å².